The smallest absolute Gasteiger partial charge is 0.252 e. The predicted molar refractivity (Wildman–Crippen MR) is 114 cm³/mol. The van der Waals surface area contributed by atoms with E-state index in [0.717, 1.165) is 11.1 Å². The highest BCUT2D eigenvalue weighted by Crippen LogP contribution is 2.05. The summed E-state index contributed by atoms with van der Waals surface area (Å²) in [5.74, 6) is -0.284. The summed E-state index contributed by atoms with van der Waals surface area (Å²) in [7, 11) is 0. The quantitative estimate of drug-likeness (QED) is 0.495. The molecule has 1 atom stereocenters. The van der Waals surface area contributed by atoms with Crippen molar-refractivity contribution in [2.45, 2.75) is 19.0 Å². The molecule has 3 N–H and O–H groups in total. The maximum atomic E-state index is 12.8. The zero-order valence-electron chi connectivity index (χ0n) is 16.2. The second kappa shape index (κ2) is 10.8. The number of carbonyl (C=O) groups excluding carboxylic acids is 2. The van der Waals surface area contributed by atoms with Gasteiger partial charge in [0.15, 0.2) is 0 Å². The molecule has 5 nitrogen and oxygen atoms in total. The molecular formula is C24H25N3O2. The average molecular weight is 387 g/mol. The predicted octanol–water partition coefficient (Wildman–Crippen LogP) is 2.89. The van der Waals surface area contributed by atoms with E-state index in [2.05, 4.69) is 16.0 Å². The topological polar surface area (TPSA) is 70.2 Å². The normalized spacial score (nSPS) is 11.4. The van der Waals surface area contributed by atoms with Crippen molar-refractivity contribution in [2.75, 3.05) is 6.67 Å². The minimum absolute atomic E-state index is 0.105. The maximum absolute atomic E-state index is 12.8. The number of rotatable bonds is 9. The second-order valence-corrected chi connectivity index (χ2v) is 6.70. The molecule has 0 heterocycles. The van der Waals surface area contributed by atoms with Crippen LogP contribution in [0.4, 0.5) is 0 Å². The summed E-state index contributed by atoms with van der Waals surface area (Å²) in [5.41, 5.74) is 2.67. The molecule has 29 heavy (non-hydrogen) atoms. The van der Waals surface area contributed by atoms with E-state index >= 15 is 0 Å². The van der Waals surface area contributed by atoms with Crippen molar-refractivity contribution >= 4 is 11.8 Å². The summed E-state index contributed by atoms with van der Waals surface area (Å²) < 4.78 is 0. The van der Waals surface area contributed by atoms with E-state index in [9.17, 15) is 9.59 Å². The minimum atomic E-state index is -0.461. The Hall–Kier alpha value is -3.44. The van der Waals surface area contributed by atoms with Crippen LogP contribution in [0.25, 0.3) is 0 Å². The van der Waals surface area contributed by atoms with E-state index in [1.807, 2.05) is 78.9 Å². The fourth-order valence-electron chi connectivity index (χ4n) is 2.96. The van der Waals surface area contributed by atoms with Crippen LogP contribution in [0.15, 0.2) is 91.0 Å². The molecule has 5 heteroatoms. The number of carbonyl (C=O) groups is 2. The Balaban J connectivity index is 1.58. The first-order valence-electron chi connectivity index (χ1n) is 9.64. The highest BCUT2D eigenvalue weighted by molar-refractivity contribution is 5.94. The van der Waals surface area contributed by atoms with Crippen molar-refractivity contribution in [3.05, 3.63) is 108 Å². The molecule has 0 unspecified atom stereocenters. The van der Waals surface area contributed by atoms with Crippen molar-refractivity contribution in [3.63, 3.8) is 0 Å². The third kappa shape index (κ3) is 6.59. The Morgan fingerprint density at radius 1 is 0.690 bits per heavy atom. The van der Waals surface area contributed by atoms with Crippen LogP contribution in [-0.2, 0) is 17.8 Å². The van der Waals surface area contributed by atoms with Gasteiger partial charge in [0.2, 0.25) is 5.91 Å². The number of nitrogens with one attached hydrogen (secondary N) is 3. The number of hydrogen-bond donors (Lipinski definition) is 3. The van der Waals surface area contributed by atoms with Gasteiger partial charge in [-0.1, -0.05) is 78.9 Å². The zero-order chi connectivity index (χ0) is 20.3. The van der Waals surface area contributed by atoms with Crippen LogP contribution < -0.4 is 16.0 Å². The van der Waals surface area contributed by atoms with E-state index in [4.69, 9.17) is 0 Å². The highest BCUT2D eigenvalue weighted by atomic mass is 16.2. The van der Waals surface area contributed by atoms with Crippen LogP contribution in [0.1, 0.15) is 21.5 Å². The van der Waals surface area contributed by atoms with Crippen molar-refractivity contribution in [3.8, 4) is 0 Å². The minimum Gasteiger partial charge on any atom is -0.351 e. The average Bonchev–Trinajstić information content (AvgIpc) is 2.78. The molecule has 3 aromatic carbocycles. The Bertz CT molecular complexity index is 899. The molecule has 0 fully saturated rings. The van der Waals surface area contributed by atoms with Crippen LogP contribution in [-0.4, -0.2) is 24.5 Å². The molecule has 3 rings (SSSR count). The number of hydrogen-bond acceptors (Lipinski definition) is 3. The van der Waals surface area contributed by atoms with Gasteiger partial charge in [0.25, 0.3) is 5.91 Å². The van der Waals surface area contributed by atoms with Crippen molar-refractivity contribution in [1.29, 1.82) is 0 Å². The fourth-order valence-corrected chi connectivity index (χ4v) is 2.96. The van der Waals surface area contributed by atoms with E-state index in [-0.39, 0.29) is 18.5 Å². The van der Waals surface area contributed by atoms with E-state index < -0.39 is 6.04 Å². The lowest BCUT2D eigenvalue weighted by atomic mass is 10.1. The van der Waals surface area contributed by atoms with Gasteiger partial charge in [0, 0.05) is 12.1 Å². The van der Waals surface area contributed by atoms with Crippen LogP contribution >= 0.6 is 0 Å². The summed E-state index contributed by atoms with van der Waals surface area (Å²) in [5, 5.41) is 8.95. The second-order valence-electron chi connectivity index (χ2n) is 6.70. The number of benzene rings is 3. The third-order valence-electron chi connectivity index (χ3n) is 4.54. The standard InChI is InChI=1S/C24H25N3O2/c28-23(21-14-8-3-9-15-21)27-18-26-22(16-19-10-4-1-5-11-19)24(29)25-17-20-12-6-2-7-13-20/h1-15,22,26H,16-18H2,(H,25,29)(H,27,28)/t22-/m0/s1. The molecule has 3 aromatic rings. The number of amides is 2. The van der Waals surface area contributed by atoms with Gasteiger partial charge in [0.05, 0.1) is 12.7 Å². The molecule has 2 amide bonds. The van der Waals surface area contributed by atoms with E-state index in [1.54, 1.807) is 12.1 Å². The molecule has 0 aromatic heterocycles. The molecule has 0 saturated carbocycles. The van der Waals surface area contributed by atoms with Crippen molar-refractivity contribution in [2.24, 2.45) is 0 Å². The molecule has 0 bridgehead atoms. The lowest BCUT2D eigenvalue weighted by molar-refractivity contribution is -0.123. The largest absolute Gasteiger partial charge is 0.351 e. The molecule has 0 spiro atoms. The third-order valence-corrected chi connectivity index (χ3v) is 4.54. The van der Waals surface area contributed by atoms with E-state index in [0.29, 0.717) is 18.5 Å². The van der Waals surface area contributed by atoms with Crippen LogP contribution in [0.2, 0.25) is 0 Å². The summed E-state index contributed by atoms with van der Waals surface area (Å²) in [6.45, 7) is 0.660. The van der Waals surface area contributed by atoms with Crippen LogP contribution in [0, 0.1) is 0 Å². The van der Waals surface area contributed by atoms with Gasteiger partial charge in [0.1, 0.15) is 0 Å². The Kier molecular flexibility index (Phi) is 7.55. The van der Waals surface area contributed by atoms with Gasteiger partial charge in [-0.3, -0.25) is 14.9 Å². The lowest BCUT2D eigenvalue weighted by Gasteiger charge is -2.19. The first kappa shape index (κ1) is 20.3. The van der Waals surface area contributed by atoms with Gasteiger partial charge in [-0.15, -0.1) is 0 Å². The Morgan fingerprint density at radius 2 is 1.24 bits per heavy atom. The molecular weight excluding hydrogens is 362 g/mol. The van der Waals surface area contributed by atoms with Crippen LogP contribution in [0.3, 0.4) is 0 Å². The summed E-state index contributed by atoms with van der Waals surface area (Å²) >= 11 is 0. The molecule has 148 valence electrons. The zero-order valence-corrected chi connectivity index (χ0v) is 16.2. The Labute approximate surface area is 171 Å². The first-order chi connectivity index (χ1) is 14.2. The molecule has 0 aliphatic rings. The van der Waals surface area contributed by atoms with Crippen LogP contribution in [0.5, 0.6) is 0 Å². The SMILES string of the molecule is O=C(NCN[C@@H](Cc1ccccc1)C(=O)NCc1ccccc1)c1ccccc1. The van der Waals surface area contributed by atoms with Gasteiger partial charge in [-0.25, -0.2) is 0 Å². The summed E-state index contributed by atoms with van der Waals surface area (Å²) in [6.07, 6.45) is 0.530. The molecule has 0 aliphatic carbocycles. The maximum Gasteiger partial charge on any atom is 0.252 e. The van der Waals surface area contributed by atoms with Gasteiger partial charge >= 0.3 is 0 Å². The summed E-state index contributed by atoms with van der Waals surface area (Å²) in [6, 6.07) is 28.1. The molecule has 0 saturated heterocycles. The lowest BCUT2D eigenvalue weighted by Crippen LogP contribution is -2.49. The first-order valence-corrected chi connectivity index (χ1v) is 9.64. The van der Waals surface area contributed by atoms with Crippen molar-refractivity contribution < 1.29 is 9.59 Å². The van der Waals surface area contributed by atoms with E-state index in [1.165, 1.54) is 0 Å². The molecule has 0 radical (unpaired) electrons. The van der Waals surface area contributed by atoms with Crippen molar-refractivity contribution in [1.82, 2.24) is 16.0 Å². The van der Waals surface area contributed by atoms with Gasteiger partial charge in [-0.05, 0) is 29.7 Å². The monoisotopic (exact) mass is 387 g/mol. The highest BCUT2D eigenvalue weighted by Gasteiger charge is 2.18. The van der Waals surface area contributed by atoms with Gasteiger partial charge < -0.3 is 10.6 Å². The fraction of sp³-hybridized carbons (Fsp3) is 0.167. The Morgan fingerprint density at radius 3 is 1.86 bits per heavy atom. The van der Waals surface area contributed by atoms with Gasteiger partial charge in [-0.2, -0.15) is 0 Å². The summed E-state index contributed by atoms with van der Waals surface area (Å²) in [4.78, 5) is 25.0. The molecule has 0 aliphatic heterocycles.